The number of hydrogen-bond donors (Lipinski definition) is 2. The van der Waals surface area contributed by atoms with E-state index in [2.05, 4.69) is 10.6 Å². The van der Waals surface area contributed by atoms with E-state index in [-0.39, 0.29) is 0 Å². The number of methoxy groups -OCH3 is 1. The maximum absolute atomic E-state index is 6.07. The highest BCUT2D eigenvalue weighted by atomic mass is 35.5. The summed E-state index contributed by atoms with van der Waals surface area (Å²) in [6, 6.07) is 21.0. The molecule has 7 heteroatoms. The molecular formula is C20H16Cl2N2OS2. The molecule has 27 heavy (non-hydrogen) atoms. The van der Waals surface area contributed by atoms with Gasteiger partial charge in [0.15, 0.2) is 5.11 Å². The minimum absolute atomic E-state index is 0.444. The fourth-order valence-electron chi connectivity index (χ4n) is 2.34. The Morgan fingerprint density at radius 1 is 0.889 bits per heavy atom. The number of rotatable bonds is 5. The van der Waals surface area contributed by atoms with Crippen LogP contribution in [0.15, 0.2) is 76.5 Å². The average Bonchev–Trinajstić information content (AvgIpc) is 2.65. The number of halogens is 2. The van der Waals surface area contributed by atoms with Gasteiger partial charge in [0.2, 0.25) is 0 Å². The summed E-state index contributed by atoms with van der Waals surface area (Å²) >= 11 is 19.1. The second kappa shape index (κ2) is 9.33. The lowest BCUT2D eigenvalue weighted by molar-refractivity contribution is 0.417. The lowest BCUT2D eigenvalue weighted by Gasteiger charge is -2.15. The molecule has 3 aromatic carbocycles. The smallest absolute Gasteiger partial charge is 0.175 e. The highest BCUT2D eigenvalue weighted by Gasteiger charge is 2.09. The van der Waals surface area contributed by atoms with Gasteiger partial charge in [0.25, 0.3) is 0 Å². The summed E-state index contributed by atoms with van der Waals surface area (Å²) in [4.78, 5) is 2.13. The molecule has 0 aliphatic rings. The Morgan fingerprint density at radius 2 is 1.56 bits per heavy atom. The number of thiocarbonyl (C=S) groups is 1. The van der Waals surface area contributed by atoms with Crippen molar-refractivity contribution >= 4 is 63.7 Å². The van der Waals surface area contributed by atoms with Gasteiger partial charge in [0.05, 0.1) is 18.5 Å². The van der Waals surface area contributed by atoms with Crippen LogP contribution in [0.1, 0.15) is 0 Å². The van der Waals surface area contributed by atoms with Crippen molar-refractivity contribution in [2.24, 2.45) is 0 Å². The van der Waals surface area contributed by atoms with Gasteiger partial charge >= 0.3 is 0 Å². The molecule has 138 valence electrons. The first-order valence-electron chi connectivity index (χ1n) is 7.99. The van der Waals surface area contributed by atoms with Crippen molar-refractivity contribution in [3.8, 4) is 5.75 Å². The minimum Gasteiger partial charge on any atom is -0.495 e. The Labute approximate surface area is 178 Å². The Kier molecular flexibility index (Phi) is 6.85. The molecule has 0 spiro atoms. The number of ether oxygens (including phenoxy) is 1. The molecule has 2 N–H and O–H groups in total. The van der Waals surface area contributed by atoms with Crippen LogP contribution in [0.25, 0.3) is 0 Å². The SMILES string of the molecule is COc1ccc(Cl)cc1NC(=S)Nc1ccccc1Sc1ccc(Cl)cc1. The number of anilines is 2. The molecule has 0 bridgehead atoms. The van der Waals surface area contributed by atoms with E-state index in [1.165, 1.54) is 0 Å². The topological polar surface area (TPSA) is 33.3 Å². The predicted octanol–water partition coefficient (Wildman–Crippen LogP) is 6.96. The third kappa shape index (κ3) is 5.53. The van der Waals surface area contributed by atoms with Crippen LogP contribution in [0, 0.1) is 0 Å². The van der Waals surface area contributed by atoms with Gasteiger partial charge in [-0.15, -0.1) is 0 Å². The van der Waals surface area contributed by atoms with Crippen molar-refractivity contribution < 1.29 is 4.74 Å². The number of benzene rings is 3. The van der Waals surface area contributed by atoms with E-state index in [0.717, 1.165) is 15.5 Å². The van der Waals surface area contributed by atoms with E-state index in [0.29, 0.717) is 26.6 Å². The summed E-state index contributed by atoms with van der Waals surface area (Å²) in [5.74, 6) is 0.660. The molecule has 0 fully saturated rings. The van der Waals surface area contributed by atoms with Crippen molar-refractivity contribution in [1.29, 1.82) is 0 Å². The van der Waals surface area contributed by atoms with Gasteiger partial charge in [-0.25, -0.2) is 0 Å². The van der Waals surface area contributed by atoms with Crippen LogP contribution < -0.4 is 15.4 Å². The van der Waals surface area contributed by atoms with Crippen molar-refractivity contribution in [2.45, 2.75) is 9.79 Å². The molecule has 3 nitrogen and oxygen atoms in total. The van der Waals surface area contributed by atoms with Gasteiger partial charge in [-0.3, -0.25) is 0 Å². The molecule has 0 aromatic heterocycles. The molecule has 0 saturated carbocycles. The van der Waals surface area contributed by atoms with Gasteiger partial charge in [-0.2, -0.15) is 0 Å². The van der Waals surface area contributed by atoms with E-state index in [4.69, 9.17) is 40.2 Å². The zero-order valence-electron chi connectivity index (χ0n) is 14.3. The van der Waals surface area contributed by atoms with Gasteiger partial charge in [0.1, 0.15) is 5.75 Å². The van der Waals surface area contributed by atoms with Crippen LogP contribution >= 0.6 is 47.2 Å². The molecule has 3 aromatic rings. The van der Waals surface area contributed by atoms with Gasteiger partial charge in [-0.1, -0.05) is 47.1 Å². The highest BCUT2D eigenvalue weighted by Crippen LogP contribution is 2.34. The molecule has 0 saturated heterocycles. The lowest BCUT2D eigenvalue weighted by atomic mass is 10.3. The molecule has 0 amide bonds. The van der Waals surface area contributed by atoms with Crippen molar-refractivity contribution in [3.05, 3.63) is 76.8 Å². The summed E-state index contributed by atoms with van der Waals surface area (Å²) < 4.78 is 5.34. The van der Waals surface area contributed by atoms with Gasteiger partial charge in [-0.05, 0) is 66.8 Å². The maximum Gasteiger partial charge on any atom is 0.175 e. The molecule has 0 aliphatic carbocycles. The van der Waals surface area contributed by atoms with Crippen LogP contribution in [0.4, 0.5) is 11.4 Å². The predicted molar refractivity (Wildman–Crippen MR) is 120 cm³/mol. The van der Waals surface area contributed by atoms with E-state index in [9.17, 15) is 0 Å². The average molecular weight is 435 g/mol. The first-order valence-corrected chi connectivity index (χ1v) is 9.97. The second-order valence-electron chi connectivity index (χ2n) is 5.48. The van der Waals surface area contributed by atoms with Crippen molar-refractivity contribution in [2.75, 3.05) is 17.7 Å². The maximum atomic E-state index is 6.07. The lowest BCUT2D eigenvalue weighted by Crippen LogP contribution is -2.19. The summed E-state index contributed by atoms with van der Waals surface area (Å²) in [7, 11) is 1.60. The molecule has 0 unspecified atom stereocenters. The van der Waals surface area contributed by atoms with E-state index in [1.54, 1.807) is 37.1 Å². The largest absolute Gasteiger partial charge is 0.495 e. The number of hydrogen-bond acceptors (Lipinski definition) is 3. The third-order valence-electron chi connectivity index (χ3n) is 3.59. The summed E-state index contributed by atoms with van der Waals surface area (Å²) in [5.41, 5.74) is 1.60. The molecule has 0 heterocycles. The molecule has 0 radical (unpaired) electrons. The van der Waals surface area contributed by atoms with E-state index < -0.39 is 0 Å². The fourth-order valence-corrected chi connectivity index (χ4v) is 3.76. The molecule has 0 atom stereocenters. The summed E-state index contributed by atoms with van der Waals surface area (Å²) in [5, 5.41) is 8.13. The summed E-state index contributed by atoms with van der Waals surface area (Å²) in [6.07, 6.45) is 0. The fraction of sp³-hybridized carbons (Fsp3) is 0.0500. The van der Waals surface area contributed by atoms with Crippen LogP contribution in [0.5, 0.6) is 5.75 Å². The normalized spacial score (nSPS) is 10.3. The summed E-state index contributed by atoms with van der Waals surface area (Å²) in [6.45, 7) is 0. The Balaban J connectivity index is 1.75. The minimum atomic E-state index is 0.444. The van der Waals surface area contributed by atoms with Gasteiger partial charge in [0, 0.05) is 19.8 Å². The van der Waals surface area contributed by atoms with E-state index in [1.807, 2.05) is 48.5 Å². The van der Waals surface area contributed by atoms with Crippen molar-refractivity contribution in [3.63, 3.8) is 0 Å². The monoisotopic (exact) mass is 434 g/mol. The van der Waals surface area contributed by atoms with Crippen LogP contribution in [0.3, 0.4) is 0 Å². The zero-order chi connectivity index (χ0) is 19.2. The zero-order valence-corrected chi connectivity index (χ0v) is 17.5. The standard InChI is InChI=1S/C20H16Cl2N2OS2/c1-25-18-11-8-14(22)12-17(18)24-20(26)23-16-4-2-3-5-19(16)27-15-9-6-13(21)7-10-15/h2-12H,1H3,(H2,23,24,26). The van der Waals surface area contributed by atoms with E-state index >= 15 is 0 Å². The molecular weight excluding hydrogens is 419 g/mol. The third-order valence-corrected chi connectivity index (χ3v) is 5.36. The Morgan fingerprint density at radius 3 is 2.30 bits per heavy atom. The first kappa shape index (κ1) is 19.8. The van der Waals surface area contributed by atoms with Crippen molar-refractivity contribution in [1.82, 2.24) is 0 Å². The number of para-hydroxylation sites is 1. The number of nitrogens with one attached hydrogen (secondary N) is 2. The van der Waals surface area contributed by atoms with Crippen LogP contribution in [0.2, 0.25) is 10.0 Å². The highest BCUT2D eigenvalue weighted by molar-refractivity contribution is 7.99. The molecule has 3 rings (SSSR count). The quantitative estimate of drug-likeness (QED) is 0.423. The Bertz CT molecular complexity index is 949. The van der Waals surface area contributed by atoms with Gasteiger partial charge < -0.3 is 15.4 Å². The Hall–Kier alpha value is -1.92. The molecule has 0 aliphatic heterocycles. The second-order valence-corrected chi connectivity index (χ2v) is 7.87. The first-order chi connectivity index (χ1) is 13.0. The van der Waals surface area contributed by atoms with Crippen LogP contribution in [-0.4, -0.2) is 12.2 Å². The van der Waals surface area contributed by atoms with Crippen LogP contribution in [-0.2, 0) is 0 Å².